The molecule has 0 saturated heterocycles. The summed E-state index contributed by atoms with van der Waals surface area (Å²) in [5.74, 6) is -0.362. The third-order valence-corrected chi connectivity index (χ3v) is 7.13. The second kappa shape index (κ2) is 10.9. The number of imide groups is 1. The molecular weight excluding hydrogens is 390 g/mol. The molecule has 3 nitrogen and oxygen atoms in total. The highest BCUT2D eigenvalue weighted by Gasteiger charge is 2.40. The second-order valence-electron chi connectivity index (χ2n) is 8.51. The lowest BCUT2D eigenvalue weighted by atomic mass is 10.0. The smallest absolute Gasteiger partial charge is 0.267 e. The molecule has 3 rings (SSSR count). The van der Waals surface area contributed by atoms with Gasteiger partial charge in [-0.15, -0.1) is 11.3 Å². The average molecular weight is 426 g/mol. The summed E-state index contributed by atoms with van der Waals surface area (Å²) in [5.41, 5.74) is 3.14. The van der Waals surface area contributed by atoms with E-state index in [9.17, 15) is 9.59 Å². The molecule has 0 aliphatic carbocycles. The van der Waals surface area contributed by atoms with Crippen LogP contribution in [0.1, 0.15) is 107 Å². The first-order chi connectivity index (χ1) is 14.5. The second-order valence-corrected chi connectivity index (χ2v) is 9.94. The molecule has 2 heterocycles. The van der Waals surface area contributed by atoms with Gasteiger partial charge in [0, 0.05) is 9.75 Å². The highest BCUT2D eigenvalue weighted by molar-refractivity contribution is 7.12. The fourth-order valence-corrected chi connectivity index (χ4v) is 5.42. The Labute approximate surface area is 185 Å². The van der Waals surface area contributed by atoms with Crippen LogP contribution in [-0.4, -0.2) is 11.8 Å². The molecule has 1 aromatic carbocycles. The Morgan fingerprint density at radius 2 is 1.17 bits per heavy atom. The highest BCUT2D eigenvalue weighted by Crippen LogP contribution is 2.37. The zero-order valence-corrected chi connectivity index (χ0v) is 19.6. The Bertz CT molecular complexity index is 829. The molecule has 0 fully saturated rings. The van der Waals surface area contributed by atoms with Crippen LogP contribution >= 0.6 is 11.3 Å². The van der Waals surface area contributed by atoms with Crippen molar-refractivity contribution < 1.29 is 9.59 Å². The fraction of sp³-hybridized carbons (Fsp3) is 0.538. The average Bonchev–Trinajstić information content (AvgIpc) is 3.18. The van der Waals surface area contributed by atoms with E-state index in [0.29, 0.717) is 16.8 Å². The first-order valence-electron chi connectivity index (χ1n) is 11.6. The number of carbonyl (C=O) groups is 2. The number of fused-ring (bicyclic) bond motifs is 1. The Hall–Kier alpha value is -1.94. The topological polar surface area (TPSA) is 37.4 Å². The van der Waals surface area contributed by atoms with Crippen molar-refractivity contribution in [2.45, 2.75) is 91.4 Å². The summed E-state index contributed by atoms with van der Waals surface area (Å²) in [7, 11) is 0. The molecule has 0 saturated carbocycles. The minimum atomic E-state index is -0.181. The number of hydrogen-bond acceptors (Lipinski definition) is 3. The zero-order valence-electron chi connectivity index (χ0n) is 18.8. The summed E-state index contributed by atoms with van der Waals surface area (Å²) in [5, 5.41) is 0. The van der Waals surface area contributed by atoms with Gasteiger partial charge < -0.3 is 0 Å². The number of amides is 2. The van der Waals surface area contributed by atoms with Crippen molar-refractivity contribution in [2.75, 3.05) is 4.90 Å². The standard InChI is InChI=1S/C26H35NO2S/c1-4-5-6-7-8-9-10-11-12-13-14-21-15-17-22(18-16-21)27-25(28)23-19(2)30-20(3)24(23)26(27)29/h15-18H,4-14H2,1-3H3. The molecule has 30 heavy (non-hydrogen) atoms. The number of anilines is 1. The van der Waals surface area contributed by atoms with Crippen molar-refractivity contribution in [2.24, 2.45) is 0 Å². The van der Waals surface area contributed by atoms with Gasteiger partial charge >= 0.3 is 0 Å². The fourth-order valence-electron chi connectivity index (χ4n) is 4.38. The number of carbonyl (C=O) groups excluding carboxylic acids is 2. The number of hydrogen-bond donors (Lipinski definition) is 0. The van der Waals surface area contributed by atoms with E-state index >= 15 is 0 Å². The van der Waals surface area contributed by atoms with E-state index in [0.717, 1.165) is 16.2 Å². The van der Waals surface area contributed by atoms with Gasteiger partial charge in [0.1, 0.15) is 0 Å². The van der Waals surface area contributed by atoms with Crippen LogP contribution in [0.3, 0.4) is 0 Å². The molecule has 1 aromatic heterocycles. The van der Waals surface area contributed by atoms with Crippen molar-refractivity contribution in [3.05, 3.63) is 50.7 Å². The Morgan fingerprint density at radius 1 is 0.700 bits per heavy atom. The molecule has 0 N–H and O–H groups in total. The lowest BCUT2D eigenvalue weighted by Crippen LogP contribution is -2.29. The Balaban J connectivity index is 1.42. The normalized spacial score (nSPS) is 13.4. The molecule has 162 valence electrons. The minimum Gasteiger partial charge on any atom is -0.268 e. The van der Waals surface area contributed by atoms with E-state index in [1.807, 2.05) is 26.0 Å². The molecule has 2 amide bonds. The first-order valence-corrected chi connectivity index (χ1v) is 12.4. The zero-order chi connectivity index (χ0) is 21.5. The summed E-state index contributed by atoms with van der Waals surface area (Å²) in [4.78, 5) is 28.8. The molecule has 1 aliphatic heterocycles. The molecule has 1 aliphatic rings. The highest BCUT2D eigenvalue weighted by atomic mass is 32.1. The third-order valence-electron chi connectivity index (χ3n) is 6.11. The molecular formula is C26H35NO2S. The van der Waals surface area contributed by atoms with Gasteiger partial charge in [-0.3, -0.25) is 9.59 Å². The van der Waals surface area contributed by atoms with E-state index in [2.05, 4.69) is 19.1 Å². The van der Waals surface area contributed by atoms with Crippen molar-refractivity contribution in [1.29, 1.82) is 0 Å². The van der Waals surface area contributed by atoms with Crippen molar-refractivity contribution >= 4 is 28.8 Å². The van der Waals surface area contributed by atoms with Crippen LogP contribution in [0.15, 0.2) is 24.3 Å². The van der Waals surface area contributed by atoms with E-state index in [4.69, 9.17) is 0 Å². The number of unbranched alkanes of at least 4 members (excludes halogenated alkanes) is 9. The Kier molecular flexibility index (Phi) is 8.26. The van der Waals surface area contributed by atoms with E-state index in [1.165, 1.54) is 86.0 Å². The van der Waals surface area contributed by atoms with Gasteiger partial charge in [0.15, 0.2) is 0 Å². The van der Waals surface area contributed by atoms with Crippen LogP contribution in [0.4, 0.5) is 5.69 Å². The lowest BCUT2D eigenvalue weighted by molar-refractivity contribution is 0.0926. The van der Waals surface area contributed by atoms with Crippen LogP contribution in [-0.2, 0) is 6.42 Å². The van der Waals surface area contributed by atoms with Gasteiger partial charge in [0.05, 0.1) is 16.8 Å². The monoisotopic (exact) mass is 425 g/mol. The molecule has 0 atom stereocenters. The third kappa shape index (κ3) is 5.21. The SMILES string of the molecule is CCCCCCCCCCCCc1ccc(N2C(=O)c3c(C)sc(C)c3C2=O)cc1. The Morgan fingerprint density at radius 3 is 1.67 bits per heavy atom. The maximum Gasteiger partial charge on any atom is 0.267 e. The van der Waals surface area contributed by atoms with Gasteiger partial charge in [-0.05, 0) is 44.4 Å². The van der Waals surface area contributed by atoms with Crippen molar-refractivity contribution in [3.63, 3.8) is 0 Å². The van der Waals surface area contributed by atoms with Crippen LogP contribution in [0.5, 0.6) is 0 Å². The summed E-state index contributed by atoms with van der Waals surface area (Å²) < 4.78 is 0. The quantitative estimate of drug-likeness (QED) is 0.259. The summed E-state index contributed by atoms with van der Waals surface area (Å²) in [6, 6.07) is 7.97. The maximum atomic E-state index is 12.8. The number of thiophene rings is 1. The number of nitrogens with zero attached hydrogens (tertiary/aromatic N) is 1. The minimum absolute atomic E-state index is 0.181. The molecule has 0 bridgehead atoms. The number of aryl methyl sites for hydroxylation is 3. The predicted octanol–water partition coefficient (Wildman–Crippen LogP) is 7.63. The molecule has 2 aromatic rings. The van der Waals surface area contributed by atoms with E-state index in [-0.39, 0.29) is 11.8 Å². The summed E-state index contributed by atoms with van der Waals surface area (Å²) in [6.07, 6.45) is 14.5. The van der Waals surface area contributed by atoms with Gasteiger partial charge in [-0.1, -0.05) is 76.8 Å². The van der Waals surface area contributed by atoms with Crippen LogP contribution < -0.4 is 4.90 Å². The maximum absolute atomic E-state index is 12.8. The summed E-state index contributed by atoms with van der Waals surface area (Å²) >= 11 is 1.53. The summed E-state index contributed by atoms with van der Waals surface area (Å²) in [6.45, 7) is 6.10. The van der Waals surface area contributed by atoms with Gasteiger partial charge in [-0.2, -0.15) is 0 Å². The van der Waals surface area contributed by atoms with Crippen LogP contribution in [0, 0.1) is 13.8 Å². The molecule has 0 unspecified atom stereocenters. The number of rotatable bonds is 12. The van der Waals surface area contributed by atoms with Gasteiger partial charge in [-0.25, -0.2) is 4.90 Å². The van der Waals surface area contributed by atoms with E-state index < -0.39 is 0 Å². The van der Waals surface area contributed by atoms with Gasteiger partial charge in [0.2, 0.25) is 0 Å². The van der Waals surface area contributed by atoms with Crippen LogP contribution in [0.25, 0.3) is 0 Å². The van der Waals surface area contributed by atoms with Gasteiger partial charge in [0.25, 0.3) is 11.8 Å². The van der Waals surface area contributed by atoms with Crippen molar-refractivity contribution in [1.82, 2.24) is 0 Å². The molecule has 0 radical (unpaired) electrons. The first kappa shape index (κ1) is 22.7. The largest absolute Gasteiger partial charge is 0.268 e. The predicted molar refractivity (Wildman–Crippen MR) is 127 cm³/mol. The number of benzene rings is 1. The molecule has 4 heteroatoms. The van der Waals surface area contributed by atoms with Crippen molar-refractivity contribution in [3.8, 4) is 0 Å². The van der Waals surface area contributed by atoms with Crippen LogP contribution in [0.2, 0.25) is 0 Å². The molecule has 0 spiro atoms. The lowest BCUT2D eigenvalue weighted by Gasteiger charge is -2.15. The van der Waals surface area contributed by atoms with E-state index in [1.54, 1.807) is 0 Å².